The van der Waals surface area contributed by atoms with Crippen LogP contribution in [0.25, 0.3) is 0 Å². The number of aliphatic hydroxyl groups is 1. The summed E-state index contributed by atoms with van der Waals surface area (Å²) >= 11 is 0. The van der Waals surface area contributed by atoms with E-state index in [1.54, 1.807) is 5.57 Å². The Balaban J connectivity index is 0.00000210. The molecule has 0 heterocycles. The van der Waals surface area contributed by atoms with Gasteiger partial charge in [-0.1, -0.05) is 25.5 Å². The maximum absolute atomic E-state index is 10.8. The average molecular weight is 366 g/mol. The maximum atomic E-state index is 10.8. The van der Waals surface area contributed by atoms with Crippen LogP contribution >= 0.6 is 0 Å². The maximum Gasteiger partial charge on any atom is 1.00 e. The second-order valence-electron chi connectivity index (χ2n) is 10.2. The fourth-order valence-corrected chi connectivity index (χ4v) is 7.72. The summed E-state index contributed by atoms with van der Waals surface area (Å²) in [5.41, 5.74) is 2.27. The van der Waals surface area contributed by atoms with E-state index in [4.69, 9.17) is 0 Å². The van der Waals surface area contributed by atoms with Gasteiger partial charge in [0, 0.05) is 5.97 Å². The van der Waals surface area contributed by atoms with Crippen LogP contribution in [0.1, 0.15) is 84.5 Å². The zero-order valence-electron chi connectivity index (χ0n) is 17.5. The summed E-state index contributed by atoms with van der Waals surface area (Å²) in [6.45, 7) is 4.99. The molecule has 0 aromatic carbocycles. The Kier molecular flexibility index (Phi) is 6.27. The number of carbonyl (C=O) groups is 1. The van der Waals surface area contributed by atoms with Crippen LogP contribution in [-0.4, -0.2) is 17.2 Å². The molecule has 0 aromatic heterocycles. The van der Waals surface area contributed by atoms with Crippen LogP contribution in [-0.2, 0) is 4.79 Å². The van der Waals surface area contributed by atoms with Crippen molar-refractivity contribution in [2.24, 2.45) is 34.5 Å². The number of hydrogen-bond donors (Lipinski definition) is 1. The molecule has 0 bridgehead atoms. The summed E-state index contributed by atoms with van der Waals surface area (Å²) in [6.07, 6.45) is 13.9. The first-order valence-corrected chi connectivity index (χ1v) is 10.9. The van der Waals surface area contributed by atoms with E-state index in [1.165, 1.54) is 32.1 Å². The van der Waals surface area contributed by atoms with Crippen molar-refractivity contribution in [1.82, 2.24) is 0 Å². The summed E-state index contributed by atoms with van der Waals surface area (Å²) in [5.74, 6) is 2.18. The van der Waals surface area contributed by atoms with Crippen molar-refractivity contribution in [3.8, 4) is 0 Å². The molecule has 3 saturated carbocycles. The van der Waals surface area contributed by atoms with E-state index in [1.807, 2.05) is 0 Å². The van der Waals surface area contributed by atoms with Crippen molar-refractivity contribution in [3.05, 3.63) is 11.6 Å². The van der Waals surface area contributed by atoms with Gasteiger partial charge in [-0.15, -0.1) is 0 Å². The zero-order chi connectivity index (χ0) is 18.5. The predicted octanol–water partition coefficient (Wildman–Crippen LogP) is 0.851. The summed E-state index contributed by atoms with van der Waals surface area (Å²) in [6, 6.07) is 0. The van der Waals surface area contributed by atoms with Crippen LogP contribution < -0.4 is 24.0 Å². The van der Waals surface area contributed by atoms with E-state index in [0.29, 0.717) is 16.7 Å². The minimum absolute atomic E-state index is 0. The first-order chi connectivity index (χ1) is 12.3. The van der Waals surface area contributed by atoms with Gasteiger partial charge in [0.2, 0.25) is 0 Å². The molecule has 1 N–H and O–H groups in total. The third-order valence-corrected chi connectivity index (χ3v) is 9.21. The number of aliphatic carboxylic acids is 1. The predicted molar refractivity (Wildman–Crippen MR) is 100 cm³/mol. The number of hydrogen-bond acceptors (Lipinski definition) is 3. The molecular weight excluding hydrogens is 331 g/mol. The molecule has 0 saturated heterocycles. The summed E-state index contributed by atoms with van der Waals surface area (Å²) < 4.78 is 0. The molecule has 3 fully saturated rings. The molecule has 4 heteroatoms. The molecule has 4 aliphatic rings. The molecule has 0 radical (unpaired) electrons. The van der Waals surface area contributed by atoms with Gasteiger partial charge in [-0.25, -0.2) is 0 Å². The van der Waals surface area contributed by atoms with Crippen molar-refractivity contribution in [1.29, 1.82) is 0 Å². The minimum Gasteiger partial charge on any atom is -0.550 e. The van der Waals surface area contributed by atoms with Crippen molar-refractivity contribution < 1.29 is 33.9 Å². The molecule has 0 spiro atoms. The van der Waals surface area contributed by atoms with Gasteiger partial charge >= 0.3 is 18.9 Å². The van der Waals surface area contributed by atoms with Gasteiger partial charge in [0.25, 0.3) is 0 Å². The third-order valence-electron chi connectivity index (χ3n) is 9.21. The van der Waals surface area contributed by atoms with Gasteiger partial charge in [0.15, 0.2) is 0 Å². The van der Waals surface area contributed by atoms with Crippen LogP contribution in [0.3, 0.4) is 0 Å². The van der Waals surface area contributed by atoms with Gasteiger partial charge in [-0.2, -0.15) is 0 Å². The first-order valence-electron chi connectivity index (χ1n) is 10.9. The summed E-state index contributed by atoms with van der Waals surface area (Å²) in [4.78, 5) is 10.8. The molecule has 0 aliphatic heterocycles. The quantitative estimate of drug-likeness (QED) is 0.593. The fourth-order valence-electron chi connectivity index (χ4n) is 7.72. The van der Waals surface area contributed by atoms with E-state index >= 15 is 0 Å². The van der Waals surface area contributed by atoms with Gasteiger partial charge in [-0.3, -0.25) is 0 Å². The molecule has 0 unspecified atom stereocenters. The van der Waals surface area contributed by atoms with E-state index in [2.05, 4.69) is 19.9 Å². The Morgan fingerprint density at radius 1 is 1.19 bits per heavy atom. The number of carboxylic acid groups (broad SMARTS) is 1. The second kappa shape index (κ2) is 7.89. The van der Waals surface area contributed by atoms with Crippen molar-refractivity contribution in [3.63, 3.8) is 0 Å². The van der Waals surface area contributed by atoms with Gasteiger partial charge in [-0.05, 0) is 105 Å². The number of fused-ring (bicyclic) bond motifs is 5. The summed E-state index contributed by atoms with van der Waals surface area (Å²) in [5, 5.41) is 20.9. The third kappa shape index (κ3) is 3.58. The molecule has 7 atom stereocenters. The topological polar surface area (TPSA) is 60.4 Å². The molecule has 146 valence electrons. The molecule has 0 aromatic rings. The van der Waals surface area contributed by atoms with E-state index in [-0.39, 0.29) is 31.4 Å². The van der Waals surface area contributed by atoms with Crippen molar-refractivity contribution in [2.75, 3.05) is 0 Å². The van der Waals surface area contributed by atoms with E-state index in [0.717, 1.165) is 49.9 Å². The largest absolute Gasteiger partial charge is 1.00 e. The fraction of sp³-hybridized carbons (Fsp3) is 0.870. The van der Waals surface area contributed by atoms with E-state index < -0.39 is 5.97 Å². The average Bonchev–Trinajstić information content (AvgIpc) is 2.92. The smallest absolute Gasteiger partial charge is 0.550 e. The van der Waals surface area contributed by atoms with Gasteiger partial charge in [0.05, 0.1) is 6.10 Å². The van der Waals surface area contributed by atoms with Crippen LogP contribution in [0.4, 0.5) is 0 Å². The van der Waals surface area contributed by atoms with Gasteiger partial charge in [0.1, 0.15) is 0 Å². The SMILES string of the molecule is C[C@]12CC[C@H]3[C@@H](CC=C4C[C@@H](O)CC[C@@]43C)[C@@H]1CC[C@@H]2CCCC(=O)[O-].[Li+]. The standard InChI is InChI=1S/C23H36O3.Li/c1-22-13-11-20-18(8-6-16-14-17(24)10-12-23(16,20)2)19(22)9-7-15(22)4-3-5-21(25)26;/h6,15,17-20,24H,3-5,7-14H2,1-2H3,(H,25,26);/q;+1/p-1/t15-,17-,18-,19-,20-,22+,23-;/m0./s1. The molecule has 4 aliphatic carbocycles. The monoisotopic (exact) mass is 366 g/mol. The van der Waals surface area contributed by atoms with Crippen molar-refractivity contribution >= 4 is 5.97 Å². The molecule has 0 amide bonds. The Bertz CT molecular complexity index is 602. The number of carboxylic acids is 1. The molecular formula is C23H35LiO3. The summed E-state index contributed by atoms with van der Waals surface area (Å²) in [7, 11) is 0. The van der Waals surface area contributed by atoms with E-state index in [9.17, 15) is 15.0 Å². The van der Waals surface area contributed by atoms with Crippen LogP contribution in [0.2, 0.25) is 0 Å². The van der Waals surface area contributed by atoms with Crippen molar-refractivity contribution in [2.45, 2.75) is 90.6 Å². The Morgan fingerprint density at radius 3 is 2.70 bits per heavy atom. The zero-order valence-corrected chi connectivity index (χ0v) is 17.5. The Morgan fingerprint density at radius 2 is 1.96 bits per heavy atom. The molecule has 27 heavy (non-hydrogen) atoms. The second-order valence-corrected chi connectivity index (χ2v) is 10.2. The first kappa shape index (κ1) is 21.5. The minimum atomic E-state index is -0.897. The Labute approximate surface area is 176 Å². The Hall–Kier alpha value is -0.233. The number of rotatable bonds is 4. The number of allylic oxidation sites excluding steroid dienone is 1. The van der Waals surface area contributed by atoms with Gasteiger partial charge < -0.3 is 15.0 Å². The van der Waals surface area contributed by atoms with Crippen LogP contribution in [0, 0.1) is 34.5 Å². The molecule has 3 nitrogen and oxygen atoms in total. The number of aliphatic hydroxyl groups excluding tert-OH is 1. The normalized spacial score (nSPS) is 45.7. The van der Waals surface area contributed by atoms with Crippen LogP contribution in [0.5, 0.6) is 0 Å². The molecule has 4 rings (SSSR count). The van der Waals surface area contributed by atoms with Crippen LogP contribution in [0.15, 0.2) is 11.6 Å². The number of carbonyl (C=O) groups excluding carboxylic acids is 1.